The summed E-state index contributed by atoms with van der Waals surface area (Å²) in [5, 5.41) is 12.0. The van der Waals surface area contributed by atoms with Crippen LogP contribution in [-0.4, -0.2) is 37.0 Å². The normalized spacial score (nSPS) is 26.1. The number of nitrogens with one attached hydrogen (secondary N) is 1. The van der Waals surface area contributed by atoms with Gasteiger partial charge in [-0.05, 0) is 26.3 Å². The van der Waals surface area contributed by atoms with E-state index in [-0.39, 0.29) is 17.7 Å². The van der Waals surface area contributed by atoms with Gasteiger partial charge in [0.25, 0.3) is 0 Å². The van der Waals surface area contributed by atoms with Crippen LogP contribution in [0.25, 0.3) is 0 Å². The maximum absolute atomic E-state index is 12.2. The van der Waals surface area contributed by atoms with E-state index in [0.717, 1.165) is 13.1 Å². The zero-order valence-corrected chi connectivity index (χ0v) is 10.4. The van der Waals surface area contributed by atoms with E-state index in [1.54, 1.807) is 0 Å². The van der Waals surface area contributed by atoms with Crippen molar-refractivity contribution in [2.24, 2.45) is 17.8 Å². The highest BCUT2D eigenvalue weighted by Crippen LogP contribution is 2.19. The summed E-state index contributed by atoms with van der Waals surface area (Å²) < 4.78 is 0. The molecule has 3 unspecified atom stereocenters. The molecule has 1 N–H and O–H groups in total. The second-order valence-corrected chi connectivity index (χ2v) is 4.65. The van der Waals surface area contributed by atoms with Crippen LogP contribution in [0.15, 0.2) is 0 Å². The third-order valence-corrected chi connectivity index (χ3v) is 3.24. The Hall–Kier alpha value is -1.08. The first-order valence-electron chi connectivity index (χ1n) is 5.99. The minimum atomic E-state index is -0.0893. The first-order valence-corrected chi connectivity index (χ1v) is 5.99. The largest absolute Gasteiger partial charge is 0.341 e. The van der Waals surface area contributed by atoms with Gasteiger partial charge in [-0.1, -0.05) is 6.92 Å². The van der Waals surface area contributed by atoms with Gasteiger partial charge in [0, 0.05) is 19.6 Å². The molecule has 1 heterocycles. The Kier molecular flexibility index (Phi) is 4.75. The molecule has 4 nitrogen and oxygen atoms in total. The molecule has 0 radical (unpaired) electrons. The molecule has 1 amide bonds. The van der Waals surface area contributed by atoms with E-state index in [0.29, 0.717) is 19.0 Å². The SMILES string of the molecule is CCN(CC(C)C#N)C(=O)C1CNCC1C. The minimum absolute atomic E-state index is 0.0887. The van der Waals surface area contributed by atoms with Gasteiger partial charge in [-0.3, -0.25) is 4.79 Å². The second-order valence-electron chi connectivity index (χ2n) is 4.65. The zero-order chi connectivity index (χ0) is 12.1. The van der Waals surface area contributed by atoms with Crippen LogP contribution < -0.4 is 5.32 Å². The highest BCUT2D eigenvalue weighted by atomic mass is 16.2. The van der Waals surface area contributed by atoms with Crippen molar-refractivity contribution >= 4 is 5.91 Å². The summed E-state index contributed by atoms with van der Waals surface area (Å²) in [6.07, 6.45) is 0. The summed E-state index contributed by atoms with van der Waals surface area (Å²) in [5.74, 6) is 0.598. The summed E-state index contributed by atoms with van der Waals surface area (Å²) in [4.78, 5) is 14.0. The molecular formula is C12H21N3O. The lowest BCUT2D eigenvalue weighted by Crippen LogP contribution is -2.40. The van der Waals surface area contributed by atoms with Crippen LogP contribution in [0.1, 0.15) is 20.8 Å². The van der Waals surface area contributed by atoms with Crippen LogP contribution in [0, 0.1) is 29.1 Å². The van der Waals surface area contributed by atoms with Crippen molar-refractivity contribution < 1.29 is 4.79 Å². The molecule has 1 aliphatic heterocycles. The summed E-state index contributed by atoms with van der Waals surface area (Å²) in [7, 11) is 0. The number of nitrogens with zero attached hydrogens (tertiary/aromatic N) is 2. The van der Waals surface area contributed by atoms with Crippen molar-refractivity contribution in [3.05, 3.63) is 0 Å². The Morgan fingerprint density at radius 3 is 2.75 bits per heavy atom. The number of nitriles is 1. The van der Waals surface area contributed by atoms with Crippen LogP contribution in [0.4, 0.5) is 0 Å². The Bertz CT molecular complexity index is 284. The quantitative estimate of drug-likeness (QED) is 0.768. The molecule has 0 spiro atoms. The van der Waals surface area contributed by atoms with Crippen molar-refractivity contribution in [1.29, 1.82) is 5.26 Å². The number of hydrogen-bond acceptors (Lipinski definition) is 3. The third kappa shape index (κ3) is 2.96. The zero-order valence-electron chi connectivity index (χ0n) is 10.4. The Balaban J connectivity index is 2.59. The van der Waals surface area contributed by atoms with Crippen molar-refractivity contribution in [1.82, 2.24) is 10.2 Å². The van der Waals surface area contributed by atoms with Crippen LogP contribution in [-0.2, 0) is 4.79 Å². The molecule has 90 valence electrons. The predicted molar refractivity (Wildman–Crippen MR) is 62.6 cm³/mol. The maximum atomic E-state index is 12.2. The number of carbonyl (C=O) groups is 1. The van der Waals surface area contributed by atoms with Gasteiger partial charge in [0.05, 0.1) is 17.9 Å². The lowest BCUT2D eigenvalue weighted by molar-refractivity contribution is -0.136. The average Bonchev–Trinajstić information content (AvgIpc) is 2.71. The van der Waals surface area contributed by atoms with Crippen molar-refractivity contribution in [3.63, 3.8) is 0 Å². The van der Waals surface area contributed by atoms with Crippen molar-refractivity contribution in [2.75, 3.05) is 26.2 Å². The Morgan fingerprint density at radius 1 is 1.62 bits per heavy atom. The van der Waals surface area contributed by atoms with E-state index in [1.807, 2.05) is 18.7 Å². The van der Waals surface area contributed by atoms with Gasteiger partial charge in [0.1, 0.15) is 0 Å². The average molecular weight is 223 g/mol. The van der Waals surface area contributed by atoms with E-state index in [1.165, 1.54) is 0 Å². The van der Waals surface area contributed by atoms with Gasteiger partial charge in [-0.2, -0.15) is 5.26 Å². The van der Waals surface area contributed by atoms with Crippen LogP contribution >= 0.6 is 0 Å². The number of hydrogen-bond donors (Lipinski definition) is 1. The summed E-state index contributed by atoms with van der Waals surface area (Å²) >= 11 is 0. The van der Waals surface area contributed by atoms with E-state index < -0.39 is 0 Å². The second kappa shape index (κ2) is 5.86. The van der Waals surface area contributed by atoms with Gasteiger partial charge in [0.2, 0.25) is 5.91 Å². The first kappa shape index (κ1) is 13.0. The van der Waals surface area contributed by atoms with E-state index >= 15 is 0 Å². The van der Waals surface area contributed by atoms with Crippen LogP contribution in [0.5, 0.6) is 0 Å². The first-order chi connectivity index (χ1) is 7.60. The smallest absolute Gasteiger partial charge is 0.227 e. The molecule has 0 bridgehead atoms. The van der Waals surface area contributed by atoms with Gasteiger partial charge in [-0.25, -0.2) is 0 Å². The molecular weight excluding hydrogens is 202 g/mol. The van der Waals surface area contributed by atoms with Gasteiger partial charge >= 0.3 is 0 Å². The molecule has 4 heteroatoms. The molecule has 0 aromatic rings. The van der Waals surface area contributed by atoms with E-state index in [2.05, 4.69) is 18.3 Å². The predicted octanol–water partition coefficient (Wildman–Crippen LogP) is 0.850. The fraction of sp³-hybridized carbons (Fsp3) is 0.833. The molecule has 3 atom stereocenters. The maximum Gasteiger partial charge on any atom is 0.227 e. The highest BCUT2D eigenvalue weighted by Gasteiger charge is 2.32. The van der Waals surface area contributed by atoms with Crippen molar-refractivity contribution in [3.8, 4) is 6.07 Å². The number of rotatable bonds is 4. The highest BCUT2D eigenvalue weighted by molar-refractivity contribution is 5.79. The Labute approximate surface area is 97.6 Å². The summed E-state index contributed by atoms with van der Waals surface area (Å²) in [6.45, 7) is 8.85. The van der Waals surface area contributed by atoms with Crippen LogP contribution in [0.2, 0.25) is 0 Å². The van der Waals surface area contributed by atoms with Gasteiger partial charge in [0.15, 0.2) is 0 Å². The molecule has 0 aromatic heterocycles. The minimum Gasteiger partial charge on any atom is -0.341 e. The monoisotopic (exact) mass is 223 g/mol. The molecule has 1 saturated heterocycles. The molecule has 16 heavy (non-hydrogen) atoms. The Morgan fingerprint density at radius 2 is 2.31 bits per heavy atom. The van der Waals surface area contributed by atoms with E-state index in [4.69, 9.17) is 5.26 Å². The molecule has 1 aliphatic rings. The standard InChI is InChI=1S/C12H21N3O/c1-4-15(8-9(2)5-13)12(16)11-7-14-6-10(11)3/h9-11,14H,4,6-8H2,1-3H3. The van der Waals surface area contributed by atoms with Gasteiger partial charge in [-0.15, -0.1) is 0 Å². The lowest BCUT2D eigenvalue weighted by Gasteiger charge is -2.26. The van der Waals surface area contributed by atoms with E-state index in [9.17, 15) is 4.79 Å². The number of amides is 1. The summed E-state index contributed by atoms with van der Waals surface area (Å²) in [5.41, 5.74) is 0. The topological polar surface area (TPSA) is 56.1 Å². The molecule has 1 rings (SSSR count). The molecule has 1 fully saturated rings. The molecule has 0 aliphatic carbocycles. The fourth-order valence-electron chi connectivity index (χ4n) is 2.12. The molecule has 0 aromatic carbocycles. The summed E-state index contributed by atoms with van der Waals surface area (Å²) in [6, 6.07) is 2.18. The van der Waals surface area contributed by atoms with Gasteiger partial charge < -0.3 is 10.2 Å². The van der Waals surface area contributed by atoms with Crippen LogP contribution in [0.3, 0.4) is 0 Å². The molecule has 0 saturated carbocycles. The van der Waals surface area contributed by atoms with Crippen molar-refractivity contribution in [2.45, 2.75) is 20.8 Å². The lowest BCUT2D eigenvalue weighted by atomic mass is 9.96. The third-order valence-electron chi connectivity index (χ3n) is 3.24. The fourth-order valence-corrected chi connectivity index (χ4v) is 2.12. The number of carbonyl (C=O) groups excluding carboxylic acids is 1.